The topological polar surface area (TPSA) is 72.8 Å². The predicted molar refractivity (Wildman–Crippen MR) is 153 cm³/mol. The second-order valence-electron chi connectivity index (χ2n) is 16.4. The minimum absolute atomic E-state index is 0.0474. The Morgan fingerprint density at radius 2 is 1.49 bits per heavy atom. The fraction of sp³-hybridized carbons (Fsp3) is 0.941. The molecule has 0 radical (unpaired) electrons. The van der Waals surface area contributed by atoms with Crippen LogP contribution < -0.4 is 0 Å². The minimum Gasteiger partial charge on any atom is -0.462 e. The number of rotatable bonds is 7. The van der Waals surface area contributed by atoms with Gasteiger partial charge in [-0.2, -0.15) is 0 Å². The third-order valence-electron chi connectivity index (χ3n) is 14.1. The quantitative estimate of drug-likeness (QED) is 0.336. The molecule has 0 aromatic heterocycles. The Morgan fingerprint density at radius 3 is 2.10 bits per heavy atom. The van der Waals surface area contributed by atoms with Gasteiger partial charge < -0.3 is 14.6 Å². The summed E-state index contributed by atoms with van der Waals surface area (Å²) in [5.74, 6) is 2.22. The lowest BCUT2D eigenvalue weighted by molar-refractivity contribution is -0.181. The third-order valence-corrected chi connectivity index (χ3v) is 14.1. The van der Waals surface area contributed by atoms with Crippen LogP contribution in [0.3, 0.4) is 0 Å². The molecular formula is C34H56O5. The van der Waals surface area contributed by atoms with E-state index in [0.717, 1.165) is 18.8 Å². The molecule has 2 spiro atoms. The second-order valence-corrected chi connectivity index (χ2v) is 16.4. The average Bonchev–Trinajstić information content (AvgIpc) is 3.39. The lowest BCUT2D eigenvalue weighted by Crippen LogP contribution is -2.58. The van der Waals surface area contributed by atoms with E-state index in [1.165, 1.54) is 58.3 Å². The van der Waals surface area contributed by atoms with Crippen LogP contribution in [0.5, 0.6) is 0 Å². The Kier molecular flexibility index (Phi) is 6.93. The molecule has 5 aliphatic rings. The number of esters is 2. The Balaban J connectivity index is 1.33. The van der Waals surface area contributed by atoms with E-state index in [4.69, 9.17) is 9.47 Å². The summed E-state index contributed by atoms with van der Waals surface area (Å²) >= 11 is 0. The molecule has 5 saturated carbocycles. The first-order chi connectivity index (χ1) is 17.9. The number of ether oxygens (including phenoxy) is 2. The molecule has 10 atom stereocenters. The highest BCUT2D eigenvalue weighted by Gasteiger charge is 2.82. The molecule has 0 saturated heterocycles. The number of hydrogen-bond donors (Lipinski definition) is 1. The van der Waals surface area contributed by atoms with Gasteiger partial charge >= 0.3 is 11.9 Å². The normalized spacial score (nSPS) is 45.6. The van der Waals surface area contributed by atoms with Gasteiger partial charge in [0.2, 0.25) is 0 Å². The van der Waals surface area contributed by atoms with E-state index in [0.29, 0.717) is 45.8 Å². The van der Waals surface area contributed by atoms with Gasteiger partial charge in [-0.25, -0.2) is 0 Å². The molecule has 0 amide bonds. The molecule has 5 nitrogen and oxygen atoms in total. The Labute approximate surface area is 237 Å². The van der Waals surface area contributed by atoms with Crippen molar-refractivity contribution in [3.8, 4) is 0 Å². The summed E-state index contributed by atoms with van der Waals surface area (Å²) in [6.07, 6.45) is 12.8. The van der Waals surface area contributed by atoms with Crippen molar-refractivity contribution in [2.45, 2.75) is 151 Å². The summed E-state index contributed by atoms with van der Waals surface area (Å²) in [5.41, 5.74) is 0.649. The van der Waals surface area contributed by atoms with E-state index in [1.807, 2.05) is 0 Å². The molecule has 1 N–H and O–H groups in total. The molecule has 39 heavy (non-hydrogen) atoms. The molecule has 5 heteroatoms. The van der Waals surface area contributed by atoms with Crippen LogP contribution in [0.4, 0.5) is 0 Å². The summed E-state index contributed by atoms with van der Waals surface area (Å²) < 4.78 is 11.4. The van der Waals surface area contributed by atoms with Crippen LogP contribution >= 0.6 is 0 Å². The minimum atomic E-state index is -1.03. The fourth-order valence-corrected chi connectivity index (χ4v) is 12.1. The molecule has 0 heterocycles. The van der Waals surface area contributed by atoms with Crippen molar-refractivity contribution in [3.63, 3.8) is 0 Å². The van der Waals surface area contributed by atoms with E-state index in [9.17, 15) is 14.7 Å². The van der Waals surface area contributed by atoms with E-state index >= 15 is 0 Å². The third kappa shape index (κ3) is 4.16. The van der Waals surface area contributed by atoms with Gasteiger partial charge in [-0.05, 0) is 130 Å². The molecule has 0 bridgehead atoms. The van der Waals surface area contributed by atoms with Gasteiger partial charge in [-0.15, -0.1) is 0 Å². The van der Waals surface area contributed by atoms with Gasteiger partial charge in [-0.3, -0.25) is 9.59 Å². The summed E-state index contributed by atoms with van der Waals surface area (Å²) in [6.45, 7) is 19.0. The number of carbonyl (C=O) groups is 2. The van der Waals surface area contributed by atoms with E-state index < -0.39 is 11.7 Å². The number of hydrogen-bond acceptors (Lipinski definition) is 5. The molecule has 5 aliphatic carbocycles. The Morgan fingerprint density at radius 1 is 0.846 bits per heavy atom. The maximum atomic E-state index is 11.9. The first-order valence-corrected chi connectivity index (χ1v) is 16.0. The molecule has 0 aromatic carbocycles. The van der Waals surface area contributed by atoms with Crippen LogP contribution in [0.2, 0.25) is 0 Å². The van der Waals surface area contributed by atoms with Crippen LogP contribution in [-0.4, -0.2) is 34.9 Å². The number of carbonyl (C=O) groups excluding carboxylic acids is 2. The SMILES string of the molecule is CC(=O)OC(CCC(C)C1CCC2(C)C3CCC4C(C)(C)C(OC(C)=O)CCC45CC35CCC12C)C(C)(C)O. The summed E-state index contributed by atoms with van der Waals surface area (Å²) in [4.78, 5) is 23.6. The van der Waals surface area contributed by atoms with Crippen molar-refractivity contribution in [2.75, 3.05) is 0 Å². The first-order valence-electron chi connectivity index (χ1n) is 16.0. The lowest BCUT2D eigenvalue weighted by atomic mass is 9.41. The van der Waals surface area contributed by atoms with Gasteiger partial charge in [0, 0.05) is 19.3 Å². The molecular weight excluding hydrogens is 488 g/mol. The predicted octanol–water partition coefficient (Wildman–Crippen LogP) is 7.48. The van der Waals surface area contributed by atoms with Gasteiger partial charge in [0.15, 0.2) is 0 Å². The first kappa shape index (κ1) is 29.4. The Bertz CT molecular complexity index is 996. The van der Waals surface area contributed by atoms with Gasteiger partial charge in [-0.1, -0.05) is 34.6 Å². The van der Waals surface area contributed by atoms with Crippen molar-refractivity contribution in [3.05, 3.63) is 0 Å². The van der Waals surface area contributed by atoms with Crippen LogP contribution in [-0.2, 0) is 19.1 Å². The highest BCUT2D eigenvalue weighted by Crippen LogP contribution is 2.89. The molecule has 222 valence electrons. The van der Waals surface area contributed by atoms with Crippen molar-refractivity contribution in [1.82, 2.24) is 0 Å². The van der Waals surface area contributed by atoms with Gasteiger partial charge in [0.05, 0.1) is 5.60 Å². The van der Waals surface area contributed by atoms with E-state index in [1.54, 1.807) is 20.8 Å². The zero-order valence-electron chi connectivity index (χ0n) is 26.3. The number of fused-ring (bicyclic) bond motifs is 2. The van der Waals surface area contributed by atoms with Crippen molar-refractivity contribution < 1.29 is 24.2 Å². The summed E-state index contributed by atoms with van der Waals surface area (Å²) in [5, 5.41) is 10.6. The molecule has 5 rings (SSSR count). The van der Waals surface area contributed by atoms with Crippen molar-refractivity contribution >= 4 is 11.9 Å². The zero-order valence-corrected chi connectivity index (χ0v) is 26.3. The number of aliphatic hydroxyl groups is 1. The zero-order chi connectivity index (χ0) is 28.8. The smallest absolute Gasteiger partial charge is 0.303 e. The van der Waals surface area contributed by atoms with Crippen LogP contribution in [0.15, 0.2) is 0 Å². The van der Waals surface area contributed by atoms with E-state index in [2.05, 4.69) is 34.6 Å². The van der Waals surface area contributed by atoms with Gasteiger partial charge in [0.1, 0.15) is 12.2 Å². The summed E-state index contributed by atoms with van der Waals surface area (Å²) in [6, 6.07) is 0. The lowest BCUT2D eigenvalue weighted by Gasteiger charge is -2.63. The molecule has 0 aliphatic heterocycles. The maximum absolute atomic E-state index is 11.9. The van der Waals surface area contributed by atoms with Gasteiger partial charge in [0.25, 0.3) is 0 Å². The van der Waals surface area contributed by atoms with Crippen molar-refractivity contribution in [1.29, 1.82) is 0 Å². The molecule has 5 fully saturated rings. The second kappa shape index (κ2) is 9.20. The fourth-order valence-electron chi connectivity index (χ4n) is 12.1. The maximum Gasteiger partial charge on any atom is 0.303 e. The van der Waals surface area contributed by atoms with Crippen LogP contribution in [0, 0.1) is 50.7 Å². The molecule has 10 unspecified atom stereocenters. The van der Waals surface area contributed by atoms with E-state index in [-0.39, 0.29) is 23.5 Å². The summed E-state index contributed by atoms with van der Waals surface area (Å²) in [7, 11) is 0. The highest BCUT2D eigenvalue weighted by molar-refractivity contribution is 5.66. The van der Waals surface area contributed by atoms with Crippen LogP contribution in [0.25, 0.3) is 0 Å². The monoisotopic (exact) mass is 544 g/mol. The standard InChI is InChI=1S/C34H56O5/c1-21(10-13-28(30(6,7)37)39-23(3)36)24-14-16-32(9)26-12-11-25-29(4,5)27(38-22(2)35)15-17-33(25)20-34(26,33)19-18-31(24,32)8/h21,24-28,37H,10-20H2,1-9H3. The highest BCUT2D eigenvalue weighted by atomic mass is 16.6. The Hall–Kier alpha value is -1.10. The average molecular weight is 545 g/mol. The largest absolute Gasteiger partial charge is 0.462 e. The molecule has 0 aromatic rings. The van der Waals surface area contributed by atoms with Crippen molar-refractivity contribution in [2.24, 2.45) is 50.7 Å². The van der Waals surface area contributed by atoms with Crippen LogP contribution in [0.1, 0.15) is 133 Å².